The van der Waals surface area contributed by atoms with Crippen LogP contribution in [-0.2, 0) is 22.4 Å². The summed E-state index contributed by atoms with van der Waals surface area (Å²) in [5.74, 6) is -0.158. The van der Waals surface area contributed by atoms with Crippen LogP contribution in [0.5, 0.6) is 5.75 Å². The summed E-state index contributed by atoms with van der Waals surface area (Å²) in [6, 6.07) is 13.4. The summed E-state index contributed by atoms with van der Waals surface area (Å²) in [5.41, 5.74) is 2.43. The number of ether oxygens (including phenoxy) is 1. The van der Waals surface area contributed by atoms with Crippen molar-refractivity contribution in [2.45, 2.75) is 26.4 Å². The van der Waals surface area contributed by atoms with Crippen molar-refractivity contribution in [1.82, 2.24) is 5.32 Å². The van der Waals surface area contributed by atoms with Gasteiger partial charge >= 0.3 is 6.61 Å². The SMILES string of the molecule is CC(=O)Nc1ccc(CC(=O)NCCc2ccc(OC(F)F)cc2)cc1. The monoisotopic (exact) mass is 362 g/mol. The van der Waals surface area contributed by atoms with Crippen LogP contribution in [-0.4, -0.2) is 25.0 Å². The highest BCUT2D eigenvalue weighted by atomic mass is 19.3. The number of carbonyl (C=O) groups excluding carboxylic acids is 2. The van der Waals surface area contributed by atoms with Crippen LogP contribution in [0.3, 0.4) is 0 Å². The molecule has 138 valence electrons. The molecule has 2 amide bonds. The van der Waals surface area contributed by atoms with Crippen LogP contribution in [0.25, 0.3) is 0 Å². The number of hydrogen-bond acceptors (Lipinski definition) is 3. The zero-order chi connectivity index (χ0) is 18.9. The van der Waals surface area contributed by atoms with Gasteiger partial charge in [0.2, 0.25) is 11.8 Å². The van der Waals surface area contributed by atoms with E-state index in [1.807, 2.05) is 0 Å². The number of carbonyl (C=O) groups is 2. The second kappa shape index (κ2) is 9.50. The van der Waals surface area contributed by atoms with Crippen LogP contribution in [0.4, 0.5) is 14.5 Å². The molecule has 2 aromatic rings. The molecule has 0 spiro atoms. The summed E-state index contributed by atoms with van der Waals surface area (Å²) in [6.07, 6.45) is 0.823. The van der Waals surface area contributed by atoms with Gasteiger partial charge in [-0.1, -0.05) is 24.3 Å². The fourth-order valence-electron chi connectivity index (χ4n) is 2.34. The molecule has 0 atom stereocenters. The third kappa shape index (κ3) is 6.88. The van der Waals surface area contributed by atoms with Crippen molar-refractivity contribution in [2.75, 3.05) is 11.9 Å². The first-order valence-corrected chi connectivity index (χ1v) is 8.09. The van der Waals surface area contributed by atoms with Gasteiger partial charge < -0.3 is 15.4 Å². The molecule has 0 saturated carbocycles. The van der Waals surface area contributed by atoms with Crippen LogP contribution in [0, 0.1) is 0 Å². The first kappa shape index (κ1) is 19.4. The van der Waals surface area contributed by atoms with E-state index in [1.165, 1.54) is 19.1 Å². The smallest absolute Gasteiger partial charge is 0.387 e. The van der Waals surface area contributed by atoms with Crippen molar-refractivity contribution in [3.05, 3.63) is 59.7 Å². The van der Waals surface area contributed by atoms with Gasteiger partial charge in [0.05, 0.1) is 6.42 Å². The predicted molar refractivity (Wildman–Crippen MR) is 94.2 cm³/mol. The quantitative estimate of drug-likeness (QED) is 0.758. The topological polar surface area (TPSA) is 67.4 Å². The zero-order valence-electron chi connectivity index (χ0n) is 14.3. The van der Waals surface area contributed by atoms with E-state index in [-0.39, 0.29) is 24.0 Å². The van der Waals surface area contributed by atoms with E-state index >= 15 is 0 Å². The molecule has 0 aromatic heterocycles. The van der Waals surface area contributed by atoms with Crippen molar-refractivity contribution in [3.8, 4) is 5.75 Å². The molecule has 0 radical (unpaired) electrons. The molecular formula is C19H20F2N2O3. The van der Waals surface area contributed by atoms with Crippen LogP contribution in [0.15, 0.2) is 48.5 Å². The average Bonchev–Trinajstić information content (AvgIpc) is 2.57. The Morgan fingerprint density at radius 1 is 1.00 bits per heavy atom. The van der Waals surface area contributed by atoms with Crippen molar-refractivity contribution < 1.29 is 23.1 Å². The molecule has 0 bridgehead atoms. The molecule has 5 nitrogen and oxygen atoms in total. The second-order valence-corrected chi connectivity index (χ2v) is 5.68. The van der Waals surface area contributed by atoms with Crippen molar-refractivity contribution in [3.63, 3.8) is 0 Å². The van der Waals surface area contributed by atoms with Crippen LogP contribution in [0.2, 0.25) is 0 Å². The third-order valence-electron chi connectivity index (χ3n) is 3.52. The highest BCUT2D eigenvalue weighted by Crippen LogP contribution is 2.15. The van der Waals surface area contributed by atoms with E-state index < -0.39 is 6.61 Å². The highest BCUT2D eigenvalue weighted by Gasteiger charge is 2.05. The minimum absolute atomic E-state index is 0.107. The van der Waals surface area contributed by atoms with Gasteiger partial charge in [-0.25, -0.2) is 0 Å². The lowest BCUT2D eigenvalue weighted by Gasteiger charge is -2.08. The average molecular weight is 362 g/mol. The van der Waals surface area contributed by atoms with Gasteiger partial charge in [0.15, 0.2) is 0 Å². The summed E-state index contributed by atoms with van der Waals surface area (Å²) >= 11 is 0. The van der Waals surface area contributed by atoms with E-state index in [0.717, 1.165) is 11.1 Å². The molecule has 0 aliphatic heterocycles. The Hall–Kier alpha value is -2.96. The van der Waals surface area contributed by atoms with E-state index in [4.69, 9.17) is 0 Å². The van der Waals surface area contributed by atoms with E-state index in [9.17, 15) is 18.4 Å². The number of halogens is 2. The normalized spacial score (nSPS) is 10.5. The molecule has 2 N–H and O–H groups in total. The Morgan fingerprint density at radius 3 is 2.19 bits per heavy atom. The maximum atomic E-state index is 12.1. The van der Waals surface area contributed by atoms with Gasteiger partial charge in [0.25, 0.3) is 0 Å². The van der Waals surface area contributed by atoms with Crippen molar-refractivity contribution in [1.29, 1.82) is 0 Å². The zero-order valence-corrected chi connectivity index (χ0v) is 14.3. The number of hydrogen-bond donors (Lipinski definition) is 2. The van der Waals surface area contributed by atoms with Gasteiger partial charge in [0, 0.05) is 19.2 Å². The summed E-state index contributed by atoms with van der Waals surface area (Å²) in [6.45, 7) is -0.967. The minimum atomic E-state index is -2.84. The maximum Gasteiger partial charge on any atom is 0.387 e. The first-order chi connectivity index (χ1) is 12.4. The number of amides is 2. The lowest BCUT2D eigenvalue weighted by Crippen LogP contribution is -2.27. The number of benzene rings is 2. The van der Waals surface area contributed by atoms with Crippen molar-refractivity contribution in [2.24, 2.45) is 0 Å². The van der Waals surface area contributed by atoms with Crippen LogP contribution in [0.1, 0.15) is 18.1 Å². The standard InChI is InChI=1S/C19H20F2N2O3/c1-13(24)23-16-6-2-15(3-7-16)12-18(25)22-11-10-14-4-8-17(9-5-14)26-19(20)21/h2-9,19H,10-12H2,1H3,(H,22,25)(H,23,24). The molecule has 2 rings (SSSR count). The van der Waals surface area contributed by atoms with Crippen LogP contribution < -0.4 is 15.4 Å². The molecule has 0 heterocycles. The molecule has 7 heteroatoms. The lowest BCUT2D eigenvalue weighted by molar-refractivity contribution is -0.120. The first-order valence-electron chi connectivity index (χ1n) is 8.09. The molecule has 0 fully saturated rings. The Balaban J connectivity index is 1.74. The highest BCUT2D eigenvalue weighted by molar-refractivity contribution is 5.88. The summed E-state index contributed by atoms with van der Waals surface area (Å²) < 4.78 is 28.4. The summed E-state index contributed by atoms with van der Waals surface area (Å²) in [4.78, 5) is 22.9. The molecule has 0 unspecified atom stereocenters. The molecule has 0 saturated heterocycles. The van der Waals surface area contributed by atoms with Gasteiger partial charge in [0.1, 0.15) is 5.75 Å². The van der Waals surface area contributed by atoms with Crippen LogP contribution >= 0.6 is 0 Å². The van der Waals surface area contributed by atoms with Gasteiger partial charge in [-0.3, -0.25) is 9.59 Å². The van der Waals surface area contributed by atoms with Gasteiger partial charge in [-0.05, 0) is 41.8 Å². The molecular weight excluding hydrogens is 342 g/mol. The Kier molecular flexibility index (Phi) is 7.08. The Labute approximate surface area is 150 Å². The minimum Gasteiger partial charge on any atom is -0.435 e. The molecule has 0 aliphatic rings. The number of nitrogens with one attached hydrogen (secondary N) is 2. The Bertz CT molecular complexity index is 731. The molecule has 26 heavy (non-hydrogen) atoms. The third-order valence-corrected chi connectivity index (χ3v) is 3.52. The molecule has 0 aliphatic carbocycles. The predicted octanol–water partition coefficient (Wildman–Crippen LogP) is 3.15. The fraction of sp³-hybridized carbons (Fsp3) is 0.263. The summed E-state index contributed by atoms with van der Waals surface area (Å²) in [7, 11) is 0. The van der Waals surface area contributed by atoms with E-state index in [1.54, 1.807) is 36.4 Å². The molecule has 2 aromatic carbocycles. The number of rotatable bonds is 8. The largest absolute Gasteiger partial charge is 0.435 e. The van der Waals surface area contributed by atoms with Gasteiger partial charge in [-0.2, -0.15) is 8.78 Å². The number of alkyl halides is 2. The second-order valence-electron chi connectivity index (χ2n) is 5.68. The van der Waals surface area contributed by atoms with E-state index in [2.05, 4.69) is 15.4 Å². The van der Waals surface area contributed by atoms with E-state index in [0.29, 0.717) is 18.7 Å². The van der Waals surface area contributed by atoms with Crippen molar-refractivity contribution >= 4 is 17.5 Å². The fourth-order valence-corrected chi connectivity index (χ4v) is 2.34. The Morgan fingerprint density at radius 2 is 1.62 bits per heavy atom. The maximum absolute atomic E-state index is 12.1. The summed E-state index contributed by atoms with van der Waals surface area (Å²) in [5, 5.41) is 5.48. The lowest BCUT2D eigenvalue weighted by atomic mass is 10.1. The number of anilines is 1. The van der Waals surface area contributed by atoms with Gasteiger partial charge in [-0.15, -0.1) is 0 Å².